The number of allylic oxidation sites excluding steroid dienone is 1. The molecule has 234 valence electrons. The van der Waals surface area contributed by atoms with Gasteiger partial charge in [0.25, 0.3) is 5.56 Å². The Hall–Kier alpha value is -3.08. The monoisotopic (exact) mass is 748 g/mol. The molecule has 1 aromatic heterocycles. The van der Waals surface area contributed by atoms with Gasteiger partial charge in [-0.3, -0.25) is 9.36 Å². The molecule has 3 aromatic carbocycles. The van der Waals surface area contributed by atoms with Crippen molar-refractivity contribution in [2.24, 2.45) is 4.99 Å². The van der Waals surface area contributed by atoms with Gasteiger partial charge in [0.1, 0.15) is 18.4 Å². The molecule has 0 spiro atoms. The van der Waals surface area contributed by atoms with Crippen LogP contribution in [0.2, 0.25) is 15.1 Å². The first kappa shape index (κ1) is 33.3. The lowest BCUT2D eigenvalue weighted by atomic mass is 9.95. The molecule has 0 saturated heterocycles. The van der Waals surface area contributed by atoms with Gasteiger partial charge in [-0.15, -0.1) is 0 Å². The van der Waals surface area contributed by atoms with E-state index in [1.165, 1.54) is 15.9 Å². The highest BCUT2D eigenvalue weighted by Crippen LogP contribution is 2.37. The maximum Gasteiger partial charge on any atom is 0.338 e. The molecule has 0 unspecified atom stereocenters. The third-order valence-electron chi connectivity index (χ3n) is 6.80. The van der Waals surface area contributed by atoms with Crippen LogP contribution in [0.4, 0.5) is 0 Å². The molecule has 4 aromatic rings. The second kappa shape index (κ2) is 14.1. The molecule has 12 heteroatoms. The van der Waals surface area contributed by atoms with Gasteiger partial charge in [-0.05, 0) is 85.6 Å². The molecule has 1 aliphatic rings. The molecule has 7 nitrogen and oxygen atoms in total. The van der Waals surface area contributed by atoms with Crippen LogP contribution in [-0.2, 0) is 16.1 Å². The second-order valence-electron chi connectivity index (χ2n) is 10.3. The van der Waals surface area contributed by atoms with E-state index in [1.807, 2.05) is 38.1 Å². The number of hydrogen-bond donors (Lipinski definition) is 0. The van der Waals surface area contributed by atoms with Gasteiger partial charge in [0.2, 0.25) is 0 Å². The molecule has 1 aliphatic heterocycles. The Kier molecular flexibility index (Phi) is 10.5. The second-order valence-corrected chi connectivity index (χ2v) is 13.5. The van der Waals surface area contributed by atoms with E-state index < -0.39 is 12.0 Å². The molecular weight excluding hydrogens is 723 g/mol. The normalized spacial score (nSPS) is 14.8. The molecule has 0 bridgehead atoms. The smallest absolute Gasteiger partial charge is 0.338 e. The van der Waals surface area contributed by atoms with E-state index in [2.05, 4.69) is 20.9 Å². The minimum Gasteiger partial charge on any atom is -0.491 e. The van der Waals surface area contributed by atoms with Gasteiger partial charge in [0.05, 0.1) is 38.0 Å². The van der Waals surface area contributed by atoms with Crippen LogP contribution in [0.25, 0.3) is 6.08 Å². The number of ether oxygens (including phenoxy) is 3. The van der Waals surface area contributed by atoms with E-state index in [1.54, 1.807) is 50.3 Å². The number of aromatic nitrogens is 1. The number of benzene rings is 3. The minimum absolute atomic E-state index is 0.128. The van der Waals surface area contributed by atoms with Gasteiger partial charge in [-0.2, -0.15) is 0 Å². The van der Waals surface area contributed by atoms with E-state index >= 15 is 0 Å². The molecule has 5 rings (SSSR count). The summed E-state index contributed by atoms with van der Waals surface area (Å²) in [5.41, 5.74) is 2.51. The summed E-state index contributed by atoms with van der Waals surface area (Å²) >= 11 is 23.7. The van der Waals surface area contributed by atoms with Crippen LogP contribution in [0.3, 0.4) is 0 Å². The molecule has 0 aliphatic carbocycles. The predicted octanol–water partition coefficient (Wildman–Crippen LogP) is 7.89. The highest BCUT2D eigenvalue weighted by atomic mass is 79.9. The fourth-order valence-corrected chi connectivity index (χ4v) is 7.39. The summed E-state index contributed by atoms with van der Waals surface area (Å²) in [4.78, 5) is 32.5. The zero-order chi connectivity index (χ0) is 32.4. The maximum atomic E-state index is 14.1. The zero-order valence-electron chi connectivity index (χ0n) is 24.7. The fourth-order valence-electron chi connectivity index (χ4n) is 4.89. The van der Waals surface area contributed by atoms with Crippen LogP contribution in [-0.4, -0.2) is 23.2 Å². The van der Waals surface area contributed by atoms with Crippen molar-refractivity contribution in [3.05, 3.63) is 122 Å². The minimum atomic E-state index is -0.803. The van der Waals surface area contributed by atoms with Crippen LogP contribution in [0, 0.1) is 0 Å². The predicted molar refractivity (Wildman–Crippen MR) is 183 cm³/mol. The van der Waals surface area contributed by atoms with E-state index in [0.717, 1.165) is 5.56 Å². The first-order chi connectivity index (χ1) is 21.5. The Balaban J connectivity index is 1.58. The van der Waals surface area contributed by atoms with Crippen molar-refractivity contribution in [2.45, 2.75) is 46.4 Å². The lowest BCUT2D eigenvalue weighted by molar-refractivity contribution is -0.139. The number of thiazole rings is 1. The SMILES string of the molecule is CCOC(=O)C1=C(C)N=c2s/c(=C/c3cc(Cl)c(OCc4ccc(Cl)cc4Cl)c(Br)c3)c(=O)n2[C@@H]1c1ccccc1OC(C)C. The third kappa shape index (κ3) is 7.18. The van der Waals surface area contributed by atoms with Gasteiger partial charge in [0.15, 0.2) is 10.6 Å². The van der Waals surface area contributed by atoms with Crippen LogP contribution >= 0.6 is 62.1 Å². The van der Waals surface area contributed by atoms with E-state index in [0.29, 0.717) is 57.2 Å². The highest BCUT2D eigenvalue weighted by Gasteiger charge is 2.35. The van der Waals surface area contributed by atoms with Crippen LogP contribution in [0.15, 0.2) is 80.1 Å². The summed E-state index contributed by atoms with van der Waals surface area (Å²) in [6.07, 6.45) is 1.61. The Morgan fingerprint density at radius 1 is 1.11 bits per heavy atom. The first-order valence-electron chi connectivity index (χ1n) is 14.0. The average Bonchev–Trinajstić information content (AvgIpc) is 3.26. The Bertz CT molecular complexity index is 1980. The molecule has 0 saturated carbocycles. The summed E-state index contributed by atoms with van der Waals surface area (Å²) in [5, 5.41) is 1.36. The number of fused-ring (bicyclic) bond motifs is 1. The topological polar surface area (TPSA) is 79.1 Å². The van der Waals surface area contributed by atoms with Crippen molar-refractivity contribution in [1.82, 2.24) is 4.57 Å². The molecule has 0 radical (unpaired) electrons. The van der Waals surface area contributed by atoms with E-state index in [4.69, 9.17) is 49.0 Å². The first-order valence-corrected chi connectivity index (χ1v) is 16.7. The lowest BCUT2D eigenvalue weighted by Gasteiger charge is -2.26. The number of carbonyl (C=O) groups excluding carboxylic acids is 1. The Morgan fingerprint density at radius 3 is 2.56 bits per heavy atom. The van der Waals surface area contributed by atoms with Gasteiger partial charge in [0, 0.05) is 21.2 Å². The summed E-state index contributed by atoms with van der Waals surface area (Å²) in [6, 6.07) is 15.3. The van der Waals surface area contributed by atoms with Crippen molar-refractivity contribution < 1.29 is 19.0 Å². The summed E-state index contributed by atoms with van der Waals surface area (Å²) < 4.78 is 20.0. The van der Waals surface area contributed by atoms with Gasteiger partial charge in [-0.25, -0.2) is 9.79 Å². The van der Waals surface area contributed by atoms with Crippen molar-refractivity contribution >= 4 is 74.1 Å². The summed E-state index contributed by atoms with van der Waals surface area (Å²) in [6.45, 7) is 7.68. The summed E-state index contributed by atoms with van der Waals surface area (Å²) in [5.74, 6) is 0.455. The van der Waals surface area contributed by atoms with Gasteiger partial charge < -0.3 is 14.2 Å². The van der Waals surface area contributed by atoms with Crippen molar-refractivity contribution in [3.8, 4) is 11.5 Å². The number of esters is 1. The molecule has 45 heavy (non-hydrogen) atoms. The molecule has 0 fully saturated rings. The maximum absolute atomic E-state index is 14.1. The number of halogens is 4. The van der Waals surface area contributed by atoms with E-state index in [-0.39, 0.29) is 30.5 Å². The van der Waals surface area contributed by atoms with Crippen LogP contribution < -0.4 is 24.4 Å². The van der Waals surface area contributed by atoms with Crippen molar-refractivity contribution in [3.63, 3.8) is 0 Å². The van der Waals surface area contributed by atoms with Gasteiger partial charge in [-0.1, -0.05) is 70.4 Å². The van der Waals surface area contributed by atoms with Crippen LogP contribution in [0.5, 0.6) is 11.5 Å². The standard InChI is InChI=1S/C33H28BrCl3N2O5S/c1-5-42-32(41)28-18(4)38-33-39(29(28)22-8-6-7-9-26(22)44-17(2)3)31(40)27(45-33)14-19-12-23(34)30(25(37)13-19)43-16-20-10-11-21(35)15-24(20)36/h6-15,17,29H,5,16H2,1-4H3/b27-14+/t29-/m1/s1. The molecule has 0 amide bonds. The molecular formula is C33H28BrCl3N2O5S. The third-order valence-corrected chi connectivity index (χ3v) is 9.24. The highest BCUT2D eigenvalue weighted by molar-refractivity contribution is 9.10. The number of carbonyl (C=O) groups is 1. The number of hydrogen-bond acceptors (Lipinski definition) is 7. The van der Waals surface area contributed by atoms with Crippen molar-refractivity contribution in [2.75, 3.05) is 6.61 Å². The van der Waals surface area contributed by atoms with E-state index in [9.17, 15) is 9.59 Å². The fraction of sp³-hybridized carbons (Fsp3) is 0.242. The molecule has 1 atom stereocenters. The lowest BCUT2D eigenvalue weighted by Crippen LogP contribution is -2.40. The largest absolute Gasteiger partial charge is 0.491 e. The average molecular weight is 751 g/mol. The Morgan fingerprint density at radius 2 is 1.87 bits per heavy atom. The molecule has 0 N–H and O–H groups in total. The van der Waals surface area contributed by atoms with Gasteiger partial charge >= 0.3 is 5.97 Å². The number of para-hydroxylation sites is 1. The number of nitrogens with zero attached hydrogens (tertiary/aromatic N) is 2. The quantitative estimate of drug-likeness (QED) is 0.163. The Labute approximate surface area is 287 Å². The zero-order valence-corrected chi connectivity index (χ0v) is 29.4. The summed E-state index contributed by atoms with van der Waals surface area (Å²) in [7, 11) is 0. The number of rotatable bonds is 9. The van der Waals surface area contributed by atoms with Crippen molar-refractivity contribution in [1.29, 1.82) is 0 Å². The molecule has 2 heterocycles. The van der Waals surface area contributed by atoms with Crippen LogP contribution in [0.1, 0.15) is 50.4 Å².